The van der Waals surface area contributed by atoms with Gasteiger partial charge in [-0.3, -0.25) is 0 Å². The first-order valence-electron chi connectivity index (χ1n) is 4.66. The van der Waals surface area contributed by atoms with Crippen molar-refractivity contribution in [2.75, 3.05) is 7.05 Å². The first-order chi connectivity index (χ1) is 6.24. The summed E-state index contributed by atoms with van der Waals surface area (Å²) in [6.45, 7) is 4.27. The summed E-state index contributed by atoms with van der Waals surface area (Å²) in [6, 6.07) is 0. The van der Waals surface area contributed by atoms with Gasteiger partial charge in [0.2, 0.25) is 0 Å². The maximum absolute atomic E-state index is 4.34. The SMILES string of the molecule is CCC1=CC=NN2C(C)=CN(C)C12. The van der Waals surface area contributed by atoms with E-state index in [1.165, 1.54) is 11.3 Å². The highest BCUT2D eigenvalue weighted by atomic mass is 15.6. The average Bonchev–Trinajstić information content (AvgIpc) is 2.43. The van der Waals surface area contributed by atoms with Crippen LogP contribution in [0.1, 0.15) is 20.3 Å². The zero-order valence-corrected chi connectivity index (χ0v) is 8.36. The fraction of sp³-hybridized carbons (Fsp3) is 0.500. The molecule has 0 aliphatic carbocycles. The zero-order valence-electron chi connectivity index (χ0n) is 8.36. The van der Waals surface area contributed by atoms with Gasteiger partial charge in [-0.2, -0.15) is 5.10 Å². The highest BCUT2D eigenvalue weighted by molar-refractivity contribution is 5.73. The summed E-state index contributed by atoms with van der Waals surface area (Å²) < 4.78 is 0. The van der Waals surface area contributed by atoms with Gasteiger partial charge in [0.25, 0.3) is 0 Å². The number of hydrogen-bond donors (Lipinski definition) is 0. The molecule has 70 valence electrons. The van der Waals surface area contributed by atoms with Gasteiger partial charge < -0.3 is 4.90 Å². The summed E-state index contributed by atoms with van der Waals surface area (Å²) in [5.74, 6) is 0. The molecule has 0 aromatic heterocycles. The Kier molecular flexibility index (Phi) is 1.87. The summed E-state index contributed by atoms with van der Waals surface area (Å²) in [4.78, 5) is 2.21. The molecule has 2 aliphatic heterocycles. The smallest absolute Gasteiger partial charge is 0.145 e. The number of allylic oxidation sites excluding steroid dienone is 2. The molecule has 0 fully saturated rings. The Morgan fingerprint density at radius 3 is 3.00 bits per heavy atom. The Labute approximate surface area is 79.0 Å². The van der Waals surface area contributed by atoms with Gasteiger partial charge in [0.05, 0.1) is 5.70 Å². The lowest BCUT2D eigenvalue weighted by Crippen LogP contribution is -2.37. The summed E-state index contributed by atoms with van der Waals surface area (Å²) >= 11 is 0. The number of hydrogen-bond acceptors (Lipinski definition) is 3. The molecule has 0 spiro atoms. The molecule has 3 heteroatoms. The average molecular weight is 177 g/mol. The molecule has 2 heterocycles. The van der Waals surface area contributed by atoms with Crippen LogP contribution in [0.5, 0.6) is 0 Å². The molecule has 2 rings (SSSR count). The molecule has 3 nitrogen and oxygen atoms in total. The van der Waals surface area contributed by atoms with Gasteiger partial charge in [-0.05, 0) is 25.0 Å². The third-order valence-corrected chi connectivity index (χ3v) is 2.59. The van der Waals surface area contributed by atoms with E-state index in [1.807, 2.05) is 6.21 Å². The van der Waals surface area contributed by atoms with Crippen LogP contribution in [-0.2, 0) is 0 Å². The minimum atomic E-state index is 0.329. The van der Waals surface area contributed by atoms with Crippen molar-refractivity contribution >= 4 is 6.21 Å². The molecule has 0 N–H and O–H groups in total. The first kappa shape index (κ1) is 8.35. The van der Waals surface area contributed by atoms with Crippen molar-refractivity contribution in [3.63, 3.8) is 0 Å². The highest BCUT2D eigenvalue weighted by Gasteiger charge is 2.31. The third kappa shape index (κ3) is 1.15. The van der Waals surface area contributed by atoms with Gasteiger partial charge >= 0.3 is 0 Å². The molecular weight excluding hydrogens is 162 g/mol. The molecule has 1 atom stereocenters. The van der Waals surface area contributed by atoms with E-state index in [0.29, 0.717) is 6.17 Å². The van der Waals surface area contributed by atoms with Crippen LogP contribution < -0.4 is 0 Å². The fourth-order valence-electron chi connectivity index (χ4n) is 1.95. The molecule has 0 aromatic rings. The highest BCUT2D eigenvalue weighted by Crippen LogP contribution is 2.29. The van der Waals surface area contributed by atoms with Crippen LogP contribution in [0, 0.1) is 0 Å². The molecule has 0 amide bonds. The third-order valence-electron chi connectivity index (χ3n) is 2.59. The molecule has 0 bridgehead atoms. The molecule has 2 aliphatic rings. The summed E-state index contributed by atoms with van der Waals surface area (Å²) in [7, 11) is 2.10. The Balaban J connectivity index is 2.32. The van der Waals surface area contributed by atoms with Gasteiger partial charge in [0, 0.05) is 19.5 Å². The normalized spacial score (nSPS) is 25.9. The van der Waals surface area contributed by atoms with Crippen LogP contribution in [-0.4, -0.2) is 29.3 Å². The molecule has 1 unspecified atom stereocenters. The van der Waals surface area contributed by atoms with E-state index < -0.39 is 0 Å². The van der Waals surface area contributed by atoms with Gasteiger partial charge in [0.15, 0.2) is 0 Å². The maximum Gasteiger partial charge on any atom is 0.145 e. The lowest BCUT2D eigenvalue weighted by atomic mass is 10.1. The predicted octanol–water partition coefficient (Wildman–Crippen LogP) is 1.76. The standard InChI is InChI=1S/C10H15N3/c1-4-9-5-6-11-13-8(2)7-12(3)10(9)13/h5-7,10H,4H2,1-3H3. The van der Waals surface area contributed by atoms with Crippen LogP contribution in [0.25, 0.3) is 0 Å². The van der Waals surface area contributed by atoms with Gasteiger partial charge in [-0.25, -0.2) is 5.01 Å². The second-order valence-corrected chi connectivity index (χ2v) is 3.51. The Morgan fingerprint density at radius 2 is 2.31 bits per heavy atom. The van der Waals surface area contributed by atoms with Crippen molar-refractivity contribution in [3.05, 3.63) is 23.5 Å². The van der Waals surface area contributed by atoms with Gasteiger partial charge in [-0.15, -0.1) is 0 Å². The van der Waals surface area contributed by atoms with Gasteiger partial charge in [-0.1, -0.05) is 6.92 Å². The predicted molar refractivity (Wildman–Crippen MR) is 54.0 cm³/mol. The second kappa shape index (κ2) is 2.91. The number of likely N-dealkylation sites (N-methyl/N-ethyl adjacent to an activating group) is 1. The van der Waals surface area contributed by atoms with E-state index in [1.54, 1.807) is 0 Å². The summed E-state index contributed by atoms with van der Waals surface area (Å²) in [5, 5.41) is 6.41. The van der Waals surface area contributed by atoms with Crippen molar-refractivity contribution in [2.45, 2.75) is 26.4 Å². The first-order valence-corrected chi connectivity index (χ1v) is 4.66. The van der Waals surface area contributed by atoms with Crippen molar-refractivity contribution in [3.8, 4) is 0 Å². The van der Waals surface area contributed by atoms with E-state index in [9.17, 15) is 0 Å². The van der Waals surface area contributed by atoms with E-state index in [-0.39, 0.29) is 0 Å². The molecule has 0 aromatic carbocycles. The number of fused-ring (bicyclic) bond motifs is 1. The molecule has 0 radical (unpaired) electrons. The largest absolute Gasteiger partial charge is 0.354 e. The second-order valence-electron chi connectivity index (χ2n) is 3.51. The Morgan fingerprint density at radius 1 is 1.54 bits per heavy atom. The van der Waals surface area contributed by atoms with Crippen molar-refractivity contribution in [2.24, 2.45) is 5.10 Å². The van der Waals surface area contributed by atoms with Crippen LogP contribution >= 0.6 is 0 Å². The number of hydrazone groups is 1. The minimum Gasteiger partial charge on any atom is -0.354 e. The van der Waals surface area contributed by atoms with Crippen molar-refractivity contribution in [1.82, 2.24) is 9.91 Å². The number of nitrogens with zero attached hydrogens (tertiary/aromatic N) is 3. The van der Waals surface area contributed by atoms with Gasteiger partial charge in [0.1, 0.15) is 6.17 Å². The van der Waals surface area contributed by atoms with Crippen molar-refractivity contribution in [1.29, 1.82) is 0 Å². The lowest BCUT2D eigenvalue weighted by Gasteiger charge is -2.31. The van der Waals surface area contributed by atoms with Crippen LogP contribution in [0.15, 0.2) is 28.6 Å². The fourth-order valence-corrected chi connectivity index (χ4v) is 1.95. The Bertz CT molecular complexity index is 301. The zero-order chi connectivity index (χ0) is 9.42. The van der Waals surface area contributed by atoms with E-state index >= 15 is 0 Å². The number of rotatable bonds is 1. The van der Waals surface area contributed by atoms with Crippen LogP contribution in [0.2, 0.25) is 0 Å². The molecule has 0 saturated heterocycles. The van der Waals surface area contributed by atoms with Crippen LogP contribution in [0.3, 0.4) is 0 Å². The van der Waals surface area contributed by atoms with E-state index in [4.69, 9.17) is 0 Å². The molecular formula is C10H15N3. The lowest BCUT2D eigenvalue weighted by molar-refractivity contribution is 0.201. The van der Waals surface area contributed by atoms with E-state index in [2.05, 4.69) is 48.2 Å². The quantitative estimate of drug-likeness (QED) is 0.607. The molecule has 13 heavy (non-hydrogen) atoms. The maximum atomic E-state index is 4.34. The molecule has 0 saturated carbocycles. The topological polar surface area (TPSA) is 18.8 Å². The Hall–Kier alpha value is -1.25. The summed E-state index contributed by atoms with van der Waals surface area (Å²) in [5.41, 5.74) is 2.63. The minimum absolute atomic E-state index is 0.329. The van der Waals surface area contributed by atoms with Crippen molar-refractivity contribution < 1.29 is 0 Å². The summed E-state index contributed by atoms with van der Waals surface area (Å²) in [6.07, 6.45) is 7.54. The van der Waals surface area contributed by atoms with Crippen LogP contribution in [0.4, 0.5) is 0 Å². The monoisotopic (exact) mass is 177 g/mol. The van der Waals surface area contributed by atoms with E-state index in [0.717, 1.165) is 6.42 Å².